The van der Waals surface area contributed by atoms with Gasteiger partial charge in [0.2, 0.25) is 21.9 Å². The fourth-order valence-electron chi connectivity index (χ4n) is 5.21. The topological polar surface area (TPSA) is 133 Å². The number of anilines is 1. The molecule has 0 spiro atoms. The summed E-state index contributed by atoms with van der Waals surface area (Å²) >= 11 is 1.51. The highest BCUT2D eigenvalue weighted by Crippen LogP contribution is 2.35. The number of thiophene rings is 1. The monoisotopic (exact) mass is 615 g/mol. The zero-order valence-electron chi connectivity index (χ0n) is 24.1. The minimum absolute atomic E-state index is 0.0992. The molecule has 222 valence electrons. The summed E-state index contributed by atoms with van der Waals surface area (Å²) in [6.07, 6.45) is 5.71. The predicted molar refractivity (Wildman–Crippen MR) is 168 cm³/mol. The molecular formula is C31H33N7O3S2. The standard InChI is InChI=1S/C31H33N7O3S2/c1-20-15-24(17-32)16-21(2)28(20)41-30-29-27(11-14-42-29)34-31(35-30)36-33-18-22-9-12-38(13-10-22)19-23-3-7-26(8-4-23)43(39,40)37-25-5-6-25/h3-4,7-8,11,14-16,18,22,25,37H,5-6,9-10,12-13,19H2,1-2H3,(H,34,35,36)/b33-18+. The lowest BCUT2D eigenvalue weighted by Crippen LogP contribution is -2.33. The van der Waals surface area contributed by atoms with Crippen LogP contribution in [0, 0.1) is 31.1 Å². The number of aromatic nitrogens is 2. The molecular weight excluding hydrogens is 583 g/mol. The SMILES string of the molecule is Cc1cc(C#N)cc(C)c1Oc1nc(N/N=C/C2CCN(Cc3ccc(S(=O)(=O)NC4CC4)cc3)CC2)nc2ccsc12. The lowest BCUT2D eigenvalue weighted by Gasteiger charge is -2.30. The first-order valence-corrected chi connectivity index (χ1v) is 16.7. The number of hydrazone groups is 1. The van der Waals surface area contributed by atoms with E-state index in [-0.39, 0.29) is 6.04 Å². The van der Waals surface area contributed by atoms with Crippen LogP contribution in [-0.4, -0.2) is 48.6 Å². The number of hydrogen-bond donors (Lipinski definition) is 2. The van der Waals surface area contributed by atoms with E-state index in [9.17, 15) is 13.7 Å². The number of likely N-dealkylation sites (tertiary alicyclic amines) is 1. The van der Waals surface area contributed by atoms with Gasteiger partial charge >= 0.3 is 0 Å². The van der Waals surface area contributed by atoms with Gasteiger partial charge in [0.1, 0.15) is 10.4 Å². The van der Waals surface area contributed by atoms with Gasteiger partial charge in [-0.05, 0) is 111 Å². The molecule has 6 rings (SSSR count). The lowest BCUT2D eigenvalue weighted by atomic mass is 9.98. The van der Waals surface area contributed by atoms with Gasteiger partial charge in [-0.3, -0.25) is 4.90 Å². The molecule has 0 amide bonds. The minimum Gasteiger partial charge on any atom is -0.437 e. The number of nitriles is 1. The second-order valence-electron chi connectivity index (χ2n) is 11.2. The molecule has 43 heavy (non-hydrogen) atoms. The number of hydrogen-bond acceptors (Lipinski definition) is 10. The first-order valence-electron chi connectivity index (χ1n) is 14.3. The van der Waals surface area contributed by atoms with E-state index in [1.807, 2.05) is 43.6 Å². The van der Waals surface area contributed by atoms with E-state index in [1.54, 1.807) is 24.3 Å². The number of piperidine rings is 1. The summed E-state index contributed by atoms with van der Waals surface area (Å²) in [7, 11) is -3.42. The van der Waals surface area contributed by atoms with Crippen LogP contribution in [0.1, 0.15) is 47.9 Å². The van der Waals surface area contributed by atoms with Crippen molar-refractivity contribution in [1.29, 1.82) is 5.26 Å². The normalized spacial score (nSPS) is 16.5. The van der Waals surface area contributed by atoms with E-state index in [1.165, 1.54) is 11.3 Å². The van der Waals surface area contributed by atoms with Crippen LogP contribution in [0.5, 0.6) is 11.6 Å². The molecule has 1 saturated heterocycles. The molecule has 0 radical (unpaired) electrons. The van der Waals surface area contributed by atoms with Crippen molar-refractivity contribution in [2.45, 2.75) is 57.0 Å². The summed E-state index contributed by atoms with van der Waals surface area (Å²) in [4.78, 5) is 11.9. The van der Waals surface area contributed by atoms with Gasteiger partial charge in [-0.25, -0.2) is 23.5 Å². The van der Waals surface area contributed by atoms with Crippen LogP contribution in [-0.2, 0) is 16.6 Å². The first-order chi connectivity index (χ1) is 20.8. The summed E-state index contributed by atoms with van der Waals surface area (Å²) in [5.74, 6) is 1.82. The van der Waals surface area contributed by atoms with Crippen molar-refractivity contribution in [3.63, 3.8) is 0 Å². The smallest absolute Gasteiger partial charge is 0.247 e. The number of aryl methyl sites for hydroxylation is 2. The second kappa shape index (κ2) is 12.4. The van der Waals surface area contributed by atoms with Crippen molar-refractivity contribution >= 4 is 43.7 Å². The maximum Gasteiger partial charge on any atom is 0.247 e. The van der Waals surface area contributed by atoms with Gasteiger partial charge in [-0.2, -0.15) is 15.3 Å². The first kappa shape index (κ1) is 29.2. The van der Waals surface area contributed by atoms with Crippen LogP contribution in [0.25, 0.3) is 10.2 Å². The summed E-state index contributed by atoms with van der Waals surface area (Å²) in [6, 6.07) is 15.0. The molecule has 1 aliphatic heterocycles. The van der Waals surface area contributed by atoms with Crippen LogP contribution in [0.4, 0.5) is 5.95 Å². The van der Waals surface area contributed by atoms with E-state index in [4.69, 9.17) is 4.74 Å². The Bertz CT molecular complexity index is 1780. The van der Waals surface area contributed by atoms with Crippen LogP contribution in [0.15, 0.2) is 57.8 Å². The molecule has 12 heteroatoms. The average Bonchev–Trinajstić information content (AvgIpc) is 3.66. The van der Waals surface area contributed by atoms with Crippen molar-refractivity contribution in [1.82, 2.24) is 19.6 Å². The Morgan fingerprint density at radius 1 is 1.09 bits per heavy atom. The zero-order chi connectivity index (χ0) is 30.0. The molecule has 4 aromatic rings. The van der Waals surface area contributed by atoms with E-state index in [2.05, 4.69) is 36.2 Å². The Morgan fingerprint density at radius 3 is 2.49 bits per heavy atom. The molecule has 0 bridgehead atoms. The molecule has 2 aliphatic rings. The number of nitrogens with zero attached hydrogens (tertiary/aromatic N) is 5. The largest absolute Gasteiger partial charge is 0.437 e. The molecule has 2 fully saturated rings. The van der Waals surface area contributed by atoms with Crippen molar-refractivity contribution in [2.24, 2.45) is 11.0 Å². The molecule has 10 nitrogen and oxygen atoms in total. The maximum absolute atomic E-state index is 12.4. The predicted octanol–water partition coefficient (Wildman–Crippen LogP) is 5.72. The number of rotatable bonds is 10. The molecule has 1 aliphatic carbocycles. The molecule has 2 aromatic heterocycles. The minimum atomic E-state index is -3.42. The second-order valence-corrected chi connectivity index (χ2v) is 13.8. The van der Waals surface area contributed by atoms with Crippen LogP contribution in [0.2, 0.25) is 0 Å². The van der Waals surface area contributed by atoms with Gasteiger partial charge in [0.25, 0.3) is 0 Å². The summed E-state index contributed by atoms with van der Waals surface area (Å²) in [5.41, 5.74) is 7.19. The Balaban J connectivity index is 1.04. The number of sulfonamides is 1. The molecule has 2 N–H and O–H groups in total. The summed E-state index contributed by atoms with van der Waals surface area (Å²) < 4.78 is 34.7. The summed E-state index contributed by atoms with van der Waals surface area (Å²) in [5, 5.41) is 15.7. The molecule has 0 unspecified atom stereocenters. The molecule has 0 atom stereocenters. The van der Waals surface area contributed by atoms with Crippen molar-refractivity contribution in [3.05, 3.63) is 70.1 Å². The van der Waals surface area contributed by atoms with E-state index in [0.717, 1.165) is 72.2 Å². The van der Waals surface area contributed by atoms with Gasteiger partial charge in [-0.15, -0.1) is 11.3 Å². The highest BCUT2D eigenvalue weighted by atomic mass is 32.2. The van der Waals surface area contributed by atoms with E-state index < -0.39 is 10.0 Å². The quantitative estimate of drug-likeness (QED) is 0.171. The third-order valence-electron chi connectivity index (χ3n) is 7.68. The maximum atomic E-state index is 12.4. The van der Waals surface area contributed by atoms with Gasteiger partial charge in [0, 0.05) is 18.8 Å². The van der Waals surface area contributed by atoms with Gasteiger partial charge in [0.15, 0.2) is 0 Å². The number of ether oxygens (including phenoxy) is 1. The van der Waals surface area contributed by atoms with Crippen molar-refractivity contribution in [3.8, 4) is 17.7 Å². The highest BCUT2D eigenvalue weighted by molar-refractivity contribution is 7.89. The van der Waals surface area contributed by atoms with Crippen molar-refractivity contribution < 1.29 is 13.2 Å². The van der Waals surface area contributed by atoms with Crippen molar-refractivity contribution in [2.75, 3.05) is 18.5 Å². The Kier molecular flexibility index (Phi) is 8.41. The average molecular weight is 616 g/mol. The molecule has 2 aromatic carbocycles. The van der Waals surface area contributed by atoms with Gasteiger partial charge in [0.05, 0.1) is 22.0 Å². The molecule has 1 saturated carbocycles. The molecule has 3 heterocycles. The fraction of sp³-hybridized carbons (Fsp3) is 0.355. The number of fused-ring (bicyclic) bond motifs is 1. The Morgan fingerprint density at radius 2 is 1.81 bits per heavy atom. The van der Waals surface area contributed by atoms with E-state index >= 15 is 0 Å². The third kappa shape index (κ3) is 7.02. The number of benzene rings is 2. The fourth-order valence-corrected chi connectivity index (χ4v) is 7.27. The third-order valence-corrected chi connectivity index (χ3v) is 10.1. The lowest BCUT2D eigenvalue weighted by molar-refractivity contribution is 0.203. The van der Waals surface area contributed by atoms with Crippen LogP contribution < -0.4 is 14.9 Å². The zero-order valence-corrected chi connectivity index (χ0v) is 25.7. The van der Waals surface area contributed by atoms with E-state index in [0.29, 0.717) is 34.0 Å². The Hall–Kier alpha value is -3.89. The van der Waals surface area contributed by atoms with Crippen LogP contribution in [0.3, 0.4) is 0 Å². The number of nitrogens with one attached hydrogen (secondary N) is 2. The Labute approximate surface area is 255 Å². The summed E-state index contributed by atoms with van der Waals surface area (Å²) in [6.45, 7) is 6.48. The van der Waals surface area contributed by atoms with Gasteiger partial charge in [-0.1, -0.05) is 12.1 Å². The highest BCUT2D eigenvalue weighted by Gasteiger charge is 2.28. The van der Waals surface area contributed by atoms with Gasteiger partial charge < -0.3 is 4.74 Å². The van der Waals surface area contributed by atoms with Crippen LogP contribution >= 0.6 is 11.3 Å².